The fourth-order valence-corrected chi connectivity index (χ4v) is 4.44. The number of H-pyrrole nitrogens is 1. The molecule has 0 aromatic carbocycles. The van der Waals surface area contributed by atoms with E-state index in [4.69, 9.17) is 9.97 Å². The van der Waals surface area contributed by atoms with Crippen molar-refractivity contribution in [3.8, 4) is 0 Å². The van der Waals surface area contributed by atoms with Crippen molar-refractivity contribution in [2.75, 3.05) is 22.1 Å². The average Bonchev–Trinajstić information content (AvgIpc) is 3.54. The zero-order chi connectivity index (χ0) is 23.8. The molecule has 1 saturated heterocycles. The molecule has 0 spiro atoms. The van der Waals surface area contributed by atoms with Gasteiger partial charge in [-0.1, -0.05) is 13.8 Å². The van der Waals surface area contributed by atoms with Gasteiger partial charge < -0.3 is 20.6 Å². The molecule has 11 heteroatoms. The molecule has 3 aromatic rings. The Morgan fingerprint density at radius 2 is 2.15 bits per heavy atom. The van der Waals surface area contributed by atoms with Crippen molar-refractivity contribution in [1.29, 1.82) is 0 Å². The maximum atomic E-state index is 13.1. The number of amides is 1. The number of halogens is 1. The van der Waals surface area contributed by atoms with Gasteiger partial charge in [-0.3, -0.25) is 9.89 Å². The number of rotatable bonds is 6. The number of aromatic nitrogens is 5. The topological polar surface area (TPSA) is 132 Å². The molecular weight excluding hydrogens is 439 g/mol. The Morgan fingerprint density at radius 3 is 2.88 bits per heavy atom. The van der Waals surface area contributed by atoms with Crippen LogP contribution in [-0.4, -0.2) is 54.9 Å². The summed E-state index contributed by atoms with van der Waals surface area (Å²) in [4.78, 5) is 28.0. The number of carbonyl (C=O) groups excluding carboxylic acids is 1. The van der Waals surface area contributed by atoms with E-state index in [0.29, 0.717) is 55.0 Å². The van der Waals surface area contributed by atoms with Crippen LogP contribution < -0.4 is 15.5 Å². The molecule has 10 nitrogen and oxygen atoms in total. The van der Waals surface area contributed by atoms with Gasteiger partial charge in [-0.15, -0.1) is 0 Å². The minimum absolute atomic E-state index is 0.224. The molecule has 1 aliphatic carbocycles. The number of nitrogens with one attached hydrogen (secondary N) is 3. The first-order valence-corrected chi connectivity index (χ1v) is 11.5. The van der Waals surface area contributed by atoms with Crippen LogP contribution in [-0.2, 0) is 17.6 Å². The monoisotopic (exact) mass is 466 g/mol. The third kappa shape index (κ3) is 4.43. The first-order valence-electron chi connectivity index (χ1n) is 11.5. The van der Waals surface area contributed by atoms with E-state index in [9.17, 15) is 14.3 Å². The van der Waals surface area contributed by atoms with Crippen molar-refractivity contribution in [1.82, 2.24) is 25.1 Å². The summed E-state index contributed by atoms with van der Waals surface area (Å²) in [7, 11) is 0. The molecule has 3 aromatic heterocycles. The number of aromatic amines is 1. The highest BCUT2D eigenvalue weighted by Crippen LogP contribution is 2.33. The van der Waals surface area contributed by atoms with Gasteiger partial charge in [-0.05, 0) is 30.9 Å². The van der Waals surface area contributed by atoms with Crippen LogP contribution in [0.2, 0.25) is 0 Å². The second-order valence-corrected chi connectivity index (χ2v) is 9.06. The summed E-state index contributed by atoms with van der Waals surface area (Å²) in [5, 5.41) is 23.7. The molecule has 4 heterocycles. The van der Waals surface area contributed by atoms with Gasteiger partial charge in [0, 0.05) is 36.7 Å². The first kappa shape index (κ1) is 22.2. The zero-order valence-electron chi connectivity index (χ0n) is 19.0. The lowest BCUT2D eigenvalue weighted by molar-refractivity contribution is -0.117. The number of hydrogen-bond acceptors (Lipinski definition) is 8. The van der Waals surface area contributed by atoms with Gasteiger partial charge >= 0.3 is 0 Å². The summed E-state index contributed by atoms with van der Waals surface area (Å²) in [6.45, 7) is 4.78. The Morgan fingerprint density at radius 1 is 1.29 bits per heavy atom. The van der Waals surface area contributed by atoms with Gasteiger partial charge in [0.25, 0.3) is 0 Å². The molecule has 1 aliphatic heterocycles. The second kappa shape index (κ2) is 8.98. The molecule has 4 N–H and O–H groups in total. The van der Waals surface area contributed by atoms with Gasteiger partial charge in [-0.2, -0.15) is 14.5 Å². The van der Waals surface area contributed by atoms with E-state index >= 15 is 0 Å². The quantitative estimate of drug-likeness (QED) is 0.408. The normalized spacial score (nSPS) is 19.5. The van der Waals surface area contributed by atoms with Crippen LogP contribution in [0.4, 0.5) is 27.7 Å². The third-order valence-electron chi connectivity index (χ3n) is 6.22. The number of hydrogen-bond donors (Lipinski definition) is 4. The lowest BCUT2D eigenvalue weighted by atomic mass is 10.1. The van der Waals surface area contributed by atoms with E-state index in [1.165, 1.54) is 18.3 Å². The Balaban J connectivity index is 1.42. The molecule has 0 bridgehead atoms. The van der Waals surface area contributed by atoms with Gasteiger partial charge in [0.2, 0.25) is 17.8 Å². The SMILES string of the molecule is CC(C)c1cc(Nc2nc(N3CCC[C@@H]3C(=O)Nc3ccc(F)nc3)nc3c2C[C@@H](O)C3)n[nH]1. The highest BCUT2D eigenvalue weighted by Gasteiger charge is 2.35. The fraction of sp³-hybridized carbons (Fsp3) is 0.435. The number of pyridine rings is 1. The Hall–Kier alpha value is -3.60. The van der Waals surface area contributed by atoms with Crippen molar-refractivity contribution in [2.24, 2.45) is 0 Å². The van der Waals surface area contributed by atoms with E-state index in [1.54, 1.807) is 0 Å². The highest BCUT2D eigenvalue weighted by atomic mass is 19.1. The van der Waals surface area contributed by atoms with E-state index in [1.807, 2.05) is 11.0 Å². The smallest absolute Gasteiger partial charge is 0.247 e. The maximum absolute atomic E-state index is 13.1. The van der Waals surface area contributed by atoms with Crippen LogP contribution in [0.5, 0.6) is 0 Å². The van der Waals surface area contributed by atoms with Crippen LogP contribution in [0.1, 0.15) is 49.6 Å². The number of nitrogens with zero attached hydrogens (tertiary/aromatic N) is 5. The van der Waals surface area contributed by atoms with Crippen molar-refractivity contribution < 1.29 is 14.3 Å². The fourth-order valence-electron chi connectivity index (χ4n) is 4.44. The summed E-state index contributed by atoms with van der Waals surface area (Å²) in [5.74, 6) is 1.13. The minimum atomic E-state index is -0.605. The summed E-state index contributed by atoms with van der Waals surface area (Å²) in [6, 6.07) is 4.14. The molecule has 0 saturated carbocycles. The van der Waals surface area contributed by atoms with Gasteiger partial charge in [-0.25, -0.2) is 9.97 Å². The van der Waals surface area contributed by atoms with Gasteiger partial charge in [0.1, 0.15) is 11.9 Å². The van der Waals surface area contributed by atoms with Crippen molar-refractivity contribution >= 4 is 29.2 Å². The maximum Gasteiger partial charge on any atom is 0.247 e. The van der Waals surface area contributed by atoms with Gasteiger partial charge in [0.05, 0.1) is 23.7 Å². The largest absolute Gasteiger partial charge is 0.392 e. The number of anilines is 4. The predicted molar refractivity (Wildman–Crippen MR) is 125 cm³/mol. The van der Waals surface area contributed by atoms with Crippen LogP contribution in [0.25, 0.3) is 0 Å². The predicted octanol–water partition coefficient (Wildman–Crippen LogP) is 2.67. The Labute approximate surface area is 196 Å². The van der Waals surface area contributed by atoms with E-state index in [-0.39, 0.29) is 5.91 Å². The van der Waals surface area contributed by atoms with Gasteiger partial charge in [0.15, 0.2) is 5.82 Å². The molecular formula is C23H27FN8O2. The second-order valence-electron chi connectivity index (χ2n) is 9.06. The summed E-state index contributed by atoms with van der Waals surface area (Å²) >= 11 is 0. The zero-order valence-corrected chi connectivity index (χ0v) is 19.0. The van der Waals surface area contributed by atoms with Crippen molar-refractivity contribution in [3.63, 3.8) is 0 Å². The minimum Gasteiger partial charge on any atom is -0.392 e. The van der Waals surface area contributed by atoms with Crippen molar-refractivity contribution in [3.05, 3.63) is 47.3 Å². The lowest BCUT2D eigenvalue weighted by Gasteiger charge is -2.25. The van der Waals surface area contributed by atoms with Crippen LogP contribution >= 0.6 is 0 Å². The van der Waals surface area contributed by atoms with E-state index < -0.39 is 18.1 Å². The number of aliphatic hydroxyl groups is 1. The lowest BCUT2D eigenvalue weighted by Crippen LogP contribution is -2.40. The van der Waals surface area contributed by atoms with E-state index in [2.05, 4.69) is 39.7 Å². The first-order chi connectivity index (χ1) is 16.4. The summed E-state index contributed by atoms with van der Waals surface area (Å²) in [6.07, 6.45) is 3.11. The molecule has 178 valence electrons. The standard InChI is InChI=1S/C23H27FN8O2/c1-12(2)16-10-20(31-30-16)28-21-15-8-14(33)9-17(15)27-23(29-21)32-7-3-4-18(32)22(34)26-13-5-6-19(24)25-11-13/h5-6,10-12,14,18,33H,3-4,7-9H2,1-2H3,(H,26,34)(H2,27,28,29,30,31)/t14-,18-/m1/s1. The van der Waals surface area contributed by atoms with Crippen LogP contribution in [0.15, 0.2) is 24.4 Å². The summed E-state index contributed by atoms with van der Waals surface area (Å²) in [5.41, 5.74) is 3.06. The number of fused-ring (bicyclic) bond motifs is 1. The molecule has 0 unspecified atom stereocenters. The summed E-state index contributed by atoms with van der Waals surface area (Å²) < 4.78 is 13.1. The number of aliphatic hydroxyl groups excluding tert-OH is 1. The average molecular weight is 467 g/mol. The number of carbonyl (C=O) groups is 1. The molecule has 1 amide bonds. The molecule has 1 fully saturated rings. The third-order valence-corrected chi connectivity index (χ3v) is 6.22. The Kier molecular flexibility index (Phi) is 5.86. The molecule has 5 rings (SSSR count). The molecule has 2 atom stereocenters. The highest BCUT2D eigenvalue weighted by molar-refractivity contribution is 5.96. The Bertz CT molecular complexity index is 1200. The molecule has 2 aliphatic rings. The van der Waals surface area contributed by atoms with Crippen LogP contribution in [0.3, 0.4) is 0 Å². The van der Waals surface area contributed by atoms with Crippen LogP contribution in [0, 0.1) is 5.95 Å². The molecule has 0 radical (unpaired) electrons. The van der Waals surface area contributed by atoms with E-state index in [0.717, 1.165) is 23.4 Å². The molecule has 34 heavy (non-hydrogen) atoms. The van der Waals surface area contributed by atoms with Crippen molar-refractivity contribution in [2.45, 2.75) is 57.6 Å².